The molecule has 186 valence electrons. The number of carbonyl (C=O) groups is 2. The van der Waals surface area contributed by atoms with E-state index in [1.165, 1.54) is 10.6 Å². The van der Waals surface area contributed by atoms with Gasteiger partial charge in [0.1, 0.15) is 11.6 Å². The number of nitrogens with one attached hydrogen (secondary N) is 3. The van der Waals surface area contributed by atoms with E-state index in [2.05, 4.69) is 20.9 Å². The van der Waals surface area contributed by atoms with Crippen molar-refractivity contribution in [1.29, 1.82) is 0 Å². The topological polar surface area (TPSA) is 125 Å². The maximum absolute atomic E-state index is 13.5. The van der Waals surface area contributed by atoms with Crippen LogP contribution in [0.5, 0.6) is 0 Å². The van der Waals surface area contributed by atoms with Crippen molar-refractivity contribution in [2.75, 3.05) is 19.6 Å². The van der Waals surface area contributed by atoms with Crippen molar-refractivity contribution in [1.82, 2.24) is 20.5 Å². The lowest BCUT2D eigenvalue weighted by atomic mass is 9.98. The Hall–Kier alpha value is -4.40. The van der Waals surface area contributed by atoms with E-state index in [0.717, 1.165) is 17.7 Å². The summed E-state index contributed by atoms with van der Waals surface area (Å²) in [7, 11) is 0. The molecule has 0 saturated heterocycles. The van der Waals surface area contributed by atoms with Gasteiger partial charge >= 0.3 is 5.97 Å². The molecule has 0 aliphatic carbocycles. The van der Waals surface area contributed by atoms with Gasteiger partial charge in [0.05, 0.1) is 12.6 Å². The Labute approximate surface area is 208 Å². The van der Waals surface area contributed by atoms with E-state index in [-0.39, 0.29) is 12.0 Å². The number of carboxylic acid groups (broad SMARTS) is 1. The summed E-state index contributed by atoms with van der Waals surface area (Å²) in [6.07, 6.45) is 2.35. The molecule has 0 fully saturated rings. The van der Waals surface area contributed by atoms with Crippen molar-refractivity contribution in [3.05, 3.63) is 106 Å². The van der Waals surface area contributed by atoms with Crippen molar-refractivity contribution in [3.63, 3.8) is 0 Å². The van der Waals surface area contributed by atoms with E-state index < -0.39 is 29.5 Å². The SMILES string of the molecule is O=C(N[C@@H](CCCNC1=NCCN1)C(=O)O)c1cccn(C(c2ccccc2)c2ccccc2)c1=O. The van der Waals surface area contributed by atoms with E-state index in [1.54, 1.807) is 12.3 Å². The molecule has 1 aromatic heterocycles. The quantitative estimate of drug-likeness (QED) is 0.324. The van der Waals surface area contributed by atoms with E-state index >= 15 is 0 Å². The molecule has 2 aromatic carbocycles. The van der Waals surface area contributed by atoms with Crippen molar-refractivity contribution in [3.8, 4) is 0 Å². The number of benzene rings is 2. The molecule has 0 saturated carbocycles. The number of carboxylic acids is 1. The second-order valence-corrected chi connectivity index (χ2v) is 8.45. The van der Waals surface area contributed by atoms with E-state index in [4.69, 9.17) is 0 Å². The highest BCUT2D eigenvalue weighted by atomic mass is 16.4. The first-order chi connectivity index (χ1) is 17.5. The van der Waals surface area contributed by atoms with Gasteiger partial charge in [-0.05, 0) is 36.1 Å². The third kappa shape index (κ3) is 5.99. The van der Waals surface area contributed by atoms with Crippen LogP contribution >= 0.6 is 0 Å². The number of aliphatic imine (C=N–C) groups is 1. The fourth-order valence-corrected chi connectivity index (χ4v) is 4.19. The summed E-state index contributed by atoms with van der Waals surface area (Å²) in [5.41, 5.74) is 1.17. The maximum Gasteiger partial charge on any atom is 0.326 e. The van der Waals surface area contributed by atoms with Crippen LogP contribution in [0.25, 0.3) is 0 Å². The van der Waals surface area contributed by atoms with Crippen molar-refractivity contribution in [2.24, 2.45) is 4.99 Å². The summed E-state index contributed by atoms with van der Waals surface area (Å²) in [5, 5.41) is 18.3. The fraction of sp³-hybridized carbons (Fsp3) is 0.259. The first-order valence-electron chi connectivity index (χ1n) is 11.9. The van der Waals surface area contributed by atoms with Crippen LogP contribution in [-0.4, -0.2) is 53.2 Å². The van der Waals surface area contributed by atoms with Gasteiger partial charge in [-0.25, -0.2) is 4.79 Å². The van der Waals surface area contributed by atoms with Gasteiger partial charge in [-0.1, -0.05) is 60.7 Å². The van der Waals surface area contributed by atoms with Gasteiger partial charge in [-0.2, -0.15) is 0 Å². The lowest BCUT2D eigenvalue weighted by Gasteiger charge is -2.22. The summed E-state index contributed by atoms with van der Waals surface area (Å²) in [6.45, 7) is 2.00. The number of nitrogens with zero attached hydrogens (tertiary/aromatic N) is 2. The predicted octanol–water partition coefficient (Wildman–Crippen LogP) is 2.00. The van der Waals surface area contributed by atoms with Gasteiger partial charge < -0.3 is 25.6 Å². The van der Waals surface area contributed by atoms with Gasteiger partial charge in [0.2, 0.25) is 0 Å². The second kappa shape index (κ2) is 11.8. The van der Waals surface area contributed by atoms with Crippen LogP contribution in [0.2, 0.25) is 0 Å². The van der Waals surface area contributed by atoms with Crippen molar-refractivity contribution < 1.29 is 14.7 Å². The van der Waals surface area contributed by atoms with E-state index in [0.29, 0.717) is 25.5 Å². The van der Waals surface area contributed by atoms with Crippen LogP contribution in [0.1, 0.15) is 40.4 Å². The number of aliphatic carboxylic acids is 1. The number of hydrogen-bond donors (Lipinski definition) is 4. The first-order valence-corrected chi connectivity index (χ1v) is 11.9. The molecule has 0 radical (unpaired) electrons. The maximum atomic E-state index is 13.5. The van der Waals surface area contributed by atoms with Crippen LogP contribution in [0.3, 0.4) is 0 Å². The number of carbonyl (C=O) groups excluding carboxylic acids is 1. The number of hydrogen-bond acceptors (Lipinski definition) is 6. The lowest BCUT2D eigenvalue weighted by Crippen LogP contribution is -2.44. The summed E-state index contributed by atoms with van der Waals surface area (Å²) in [6, 6.07) is 20.6. The zero-order valence-corrected chi connectivity index (χ0v) is 19.8. The number of rotatable bonds is 10. The standard InChI is InChI=1S/C27H29N5O4/c33-24(31-22(26(35)36)14-7-15-28-27-29-16-17-30-27)21-13-8-18-32(25(21)34)23(19-9-3-1-4-10-19)20-11-5-2-6-12-20/h1-6,8-13,18,22-23H,7,14-17H2,(H,31,33)(H,35,36)(H2,28,29,30)/t22-/m0/s1. The zero-order valence-electron chi connectivity index (χ0n) is 19.8. The molecule has 1 aliphatic heterocycles. The molecule has 36 heavy (non-hydrogen) atoms. The Morgan fingerprint density at radius 1 is 1.00 bits per heavy atom. The average molecular weight is 488 g/mol. The van der Waals surface area contributed by atoms with E-state index in [9.17, 15) is 19.5 Å². The molecule has 2 heterocycles. The van der Waals surface area contributed by atoms with Gasteiger partial charge in [-0.15, -0.1) is 0 Å². The third-order valence-corrected chi connectivity index (χ3v) is 5.97. The van der Waals surface area contributed by atoms with Crippen molar-refractivity contribution in [2.45, 2.75) is 24.9 Å². The molecule has 9 heteroatoms. The predicted molar refractivity (Wildman–Crippen MR) is 137 cm³/mol. The molecule has 0 unspecified atom stereocenters. The molecular weight excluding hydrogens is 458 g/mol. The van der Waals surface area contributed by atoms with Gasteiger partial charge in [0.25, 0.3) is 11.5 Å². The largest absolute Gasteiger partial charge is 0.480 e. The Kier molecular flexibility index (Phi) is 8.12. The summed E-state index contributed by atoms with van der Waals surface area (Å²) in [5.74, 6) is -1.17. The Balaban J connectivity index is 1.53. The Morgan fingerprint density at radius 3 is 2.25 bits per heavy atom. The van der Waals surface area contributed by atoms with E-state index in [1.807, 2.05) is 60.7 Å². The van der Waals surface area contributed by atoms with Crippen LogP contribution in [0.15, 0.2) is 88.8 Å². The highest BCUT2D eigenvalue weighted by Crippen LogP contribution is 2.25. The zero-order chi connectivity index (χ0) is 25.3. The molecule has 4 rings (SSSR count). The number of pyridine rings is 1. The number of guanidine groups is 1. The number of aromatic nitrogens is 1. The highest BCUT2D eigenvalue weighted by molar-refractivity contribution is 5.96. The molecular formula is C27H29N5O4. The highest BCUT2D eigenvalue weighted by Gasteiger charge is 2.24. The molecule has 9 nitrogen and oxygen atoms in total. The van der Waals surface area contributed by atoms with Gasteiger partial charge in [-0.3, -0.25) is 14.6 Å². The third-order valence-electron chi connectivity index (χ3n) is 5.97. The summed E-state index contributed by atoms with van der Waals surface area (Å²) in [4.78, 5) is 42.5. The average Bonchev–Trinajstić information content (AvgIpc) is 3.42. The normalized spacial score (nSPS) is 13.5. The molecule has 1 aliphatic rings. The molecule has 1 atom stereocenters. The van der Waals surface area contributed by atoms with Gasteiger partial charge in [0.15, 0.2) is 5.96 Å². The Morgan fingerprint density at radius 2 is 1.67 bits per heavy atom. The van der Waals surface area contributed by atoms with Crippen LogP contribution in [0.4, 0.5) is 0 Å². The Bertz CT molecular complexity index is 1230. The molecule has 3 aromatic rings. The van der Waals surface area contributed by atoms with Crippen LogP contribution in [-0.2, 0) is 4.79 Å². The minimum Gasteiger partial charge on any atom is -0.480 e. The monoisotopic (exact) mass is 487 g/mol. The summed E-state index contributed by atoms with van der Waals surface area (Å²) >= 11 is 0. The smallest absolute Gasteiger partial charge is 0.326 e. The minimum atomic E-state index is -1.15. The van der Waals surface area contributed by atoms with Crippen LogP contribution in [0, 0.1) is 0 Å². The van der Waals surface area contributed by atoms with Gasteiger partial charge in [0, 0.05) is 19.3 Å². The molecule has 4 N–H and O–H groups in total. The molecule has 0 spiro atoms. The lowest BCUT2D eigenvalue weighted by molar-refractivity contribution is -0.139. The molecule has 1 amide bonds. The summed E-state index contributed by atoms with van der Waals surface area (Å²) < 4.78 is 1.51. The fourth-order valence-electron chi connectivity index (χ4n) is 4.19. The number of amides is 1. The minimum absolute atomic E-state index is 0.108. The second-order valence-electron chi connectivity index (χ2n) is 8.45. The van der Waals surface area contributed by atoms with Crippen molar-refractivity contribution >= 4 is 17.8 Å². The molecule has 0 bridgehead atoms. The first kappa shape index (κ1) is 24.7. The van der Waals surface area contributed by atoms with Crippen LogP contribution < -0.4 is 21.5 Å².